The molecule has 0 unspecified atom stereocenters. The fraction of sp³-hybridized carbons (Fsp3) is 0.900. The third kappa shape index (κ3) is 2.95. The van der Waals surface area contributed by atoms with Crippen molar-refractivity contribution >= 4 is 21.9 Å². The first-order chi connectivity index (χ1) is 6.54. The molecule has 0 radical (unpaired) electrons. The molecule has 0 amide bonds. The molecule has 0 aromatic carbocycles. The summed E-state index contributed by atoms with van der Waals surface area (Å²) >= 11 is 3.56. The van der Waals surface area contributed by atoms with Gasteiger partial charge in [0.1, 0.15) is 6.10 Å². The van der Waals surface area contributed by atoms with Gasteiger partial charge < -0.3 is 9.47 Å². The number of carbonyl (C=O) groups is 1. The summed E-state index contributed by atoms with van der Waals surface area (Å²) in [6.45, 7) is 4.30. The predicted molar refractivity (Wildman–Crippen MR) is 57.5 cm³/mol. The Balaban J connectivity index is 2.44. The van der Waals surface area contributed by atoms with Crippen molar-refractivity contribution in [3.63, 3.8) is 0 Å². The van der Waals surface area contributed by atoms with Crippen molar-refractivity contribution in [3.8, 4) is 0 Å². The minimum Gasteiger partial charge on any atom is -0.459 e. The molecule has 1 fully saturated rings. The van der Waals surface area contributed by atoms with Crippen molar-refractivity contribution < 1.29 is 14.3 Å². The van der Waals surface area contributed by atoms with E-state index >= 15 is 0 Å². The zero-order valence-electron chi connectivity index (χ0n) is 8.83. The normalized spacial score (nSPS) is 29.4. The lowest BCUT2D eigenvalue weighted by Crippen LogP contribution is -2.22. The number of cyclic esters (lactones) is 1. The molecule has 3 atom stereocenters. The van der Waals surface area contributed by atoms with Crippen molar-refractivity contribution in [2.24, 2.45) is 5.92 Å². The van der Waals surface area contributed by atoms with Crippen molar-refractivity contribution in [2.45, 2.75) is 43.7 Å². The van der Waals surface area contributed by atoms with E-state index in [0.29, 0.717) is 12.3 Å². The Kier molecular flexibility index (Phi) is 4.38. The van der Waals surface area contributed by atoms with Crippen molar-refractivity contribution in [1.82, 2.24) is 0 Å². The molecule has 1 aliphatic rings. The van der Waals surface area contributed by atoms with E-state index in [1.165, 1.54) is 0 Å². The third-order valence-electron chi connectivity index (χ3n) is 2.36. The van der Waals surface area contributed by atoms with Crippen molar-refractivity contribution in [2.75, 3.05) is 7.11 Å². The Hall–Kier alpha value is -0.0900. The van der Waals surface area contributed by atoms with Crippen molar-refractivity contribution in [1.29, 1.82) is 0 Å². The molecule has 1 saturated heterocycles. The topological polar surface area (TPSA) is 35.5 Å². The second-order valence-electron chi connectivity index (χ2n) is 4.08. The highest BCUT2D eigenvalue weighted by Crippen LogP contribution is 2.27. The van der Waals surface area contributed by atoms with E-state index in [0.717, 1.165) is 6.42 Å². The van der Waals surface area contributed by atoms with Gasteiger partial charge in [-0.15, -0.1) is 0 Å². The van der Waals surface area contributed by atoms with Crippen LogP contribution in [0.1, 0.15) is 26.7 Å². The molecule has 1 heterocycles. The molecule has 82 valence electrons. The highest BCUT2D eigenvalue weighted by atomic mass is 79.9. The average Bonchev–Trinajstić information content (AvgIpc) is 2.45. The third-order valence-corrected chi connectivity index (χ3v) is 3.32. The molecule has 14 heavy (non-hydrogen) atoms. The summed E-state index contributed by atoms with van der Waals surface area (Å²) in [7, 11) is 1.54. The average molecular weight is 265 g/mol. The maximum atomic E-state index is 11.2. The first-order valence-corrected chi connectivity index (χ1v) is 5.83. The quantitative estimate of drug-likeness (QED) is 0.577. The van der Waals surface area contributed by atoms with E-state index in [2.05, 4.69) is 29.8 Å². The summed E-state index contributed by atoms with van der Waals surface area (Å²) in [5, 5.41) is 0. The van der Waals surface area contributed by atoms with E-state index in [1.54, 1.807) is 7.11 Å². The summed E-state index contributed by atoms with van der Waals surface area (Å²) in [6.07, 6.45) is 1.27. The Morgan fingerprint density at radius 3 is 2.71 bits per heavy atom. The molecule has 3 nitrogen and oxygen atoms in total. The molecule has 0 aliphatic carbocycles. The molecule has 1 rings (SSSR count). The van der Waals surface area contributed by atoms with Gasteiger partial charge in [0.15, 0.2) is 6.10 Å². The molecule has 0 aromatic rings. The van der Waals surface area contributed by atoms with Gasteiger partial charge in [-0.05, 0) is 12.3 Å². The van der Waals surface area contributed by atoms with Gasteiger partial charge in [-0.3, -0.25) is 0 Å². The van der Waals surface area contributed by atoms with Crippen LogP contribution in [0.3, 0.4) is 0 Å². The summed E-state index contributed by atoms with van der Waals surface area (Å²) in [5.74, 6) is 0.366. The molecule has 0 spiro atoms. The number of esters is 1. The van der Waals surface area contributed by atoms with Crippen LogP contribution in [0, 0.1) is 5.92 Å². The van der Waals surface area contributed by atoms with Gasteiger partial charge in [0.05, 0.1) is 4.83 Å². The van der Waals surface area contributed by atoms with E-state index in [4.69, 9.17) is 9.47 Å². The van der Waals surface area contributed by atoms with Crippen LogP contribution < -0.4 is 0 Å². The first-order valence-electron chi connectivity index (χ1n) is 4.92. The molecule has 1 aliphatic heterocycles. The van der Waals surface area contributed by atoms with Crippen LogP contribution in [0.15, 0.2) is 0 Å². The Morgan fingerprint density at radius 1 is 1.64 bits per heavy atom. The van der Waals surface area contributed by atoms with Crippen LogP contribution >= 0.6 is 15.9 Å². The standard InChI is InChI=1S/C10H17BrO3/c1-6(2)4-7(11)8-5-9(13-3)10(12)14-8/h6-9H,4-5H2,1-3H3/t7-,8+,9+/m1/s1. The van der Waals surface area contributed by atoms with Gasteiger partial charge in [0, 0.05) is 13.5 Å². The summed E-state index contributed by atoms with van der Waals surface area (Å²) in [5.41, 5.74) is 0. The van der Waals surface area contributed by atoms with Crippen LogP contribution in [0.25, 0.3) is 0 Å². The number of hydrogen-bond acceptors (Lipinski definition) is 3. The van der Waals surface area contributed by atoms with Crippen LogP contribution in [-0.2, 0) is 14.3 Å². The smallest absolute Gasteiger partial charge is 0.335 e. The van der Waals surface area contributed by atoms with Gasteiger partial charge in [0.2, 0.25) is 0 Å². The van der Waals surface area contributed by atoms with Crippen molar-refractivity contribution in [3.05, 3.63) is 0 Å². The van der Waals surface area contributed by atoms with Gasteiger partial charge in [0.25, 0.3) is 0 Å². The van der Waals surface area contributed by atoms with E-state index < -0.39 is 0 Å². The Morgan fingerprint density at radius 2 is 2.29 bits per heavy atom. The largest absolute Gasteiger partial charge is 0.459 e. The number of methoxy groups -OCH3 is 1. The van der Waals surface area contributed by atoms with Crippen LogP contribution in [0.5, 0.6) is 0 Å². The number of ether oxygens (including phenoxy) is 2. The zero-order valence-corrected chi connectivity index (χ0v) is 10.4. The fourth-order valence-electron chi connectivity index (χ4n) is 1.60. The monoisotopic (exact) mass is 264 g/mol. The van der Waals surface area contributed by atoms with E-state index in [-0.39, 0.29) is 23.0 Å². The molecule has 4 heteroatoms. The predicted octanol–water partition coefficient (Wildman–Crippen LogP) is 2.13. The molecule has 0 saturated carbocycles. The number of carbonyl (C=O) groups excluding carboxylic acids is 1. The van der Waals surface area contributed by atoms with Gasteiger partial charge in [-0.2, -0.15) is 0 Å². The molecule has 0 N–H and O–H groups in total. The van der Waals surface area contributed by atoms with Gasteiger partial charge in [-0.25, -0.2) is 4.79 Å². The Bertz CT molecular complexity index is 206. The van der Waals surface area contributed by atoms with Gasteiger partial charge >= 0.3 is 5.97 Å². The highest BCUT2D eigenvalue weighted by molar-refractivity contribution is 9.09. The zero-order chi connectivity index (χ0) is 10.7. The van der Waals surface area contributed by atoms with Crippen LogP contribution in [0.2, 0.25) is 0 Å². The van der Waals surface area contributed by atoms with E-state index in [9.17, 15) is 4.79 Å². The number of halogens is 1. The van der Waals surface area contributed by atoms with Crippen LogP contribution in [0.4, 0.5) is 0 Å². The summed E-state index contributed by atoms with van der Waals surface area (Å²) in [6, 6.07) is 0. The first kappa shape index (κ1) is 12.0. The summed E-state index contributed by atoms with van der Waals surface area (Å²) < 4.78 is 10.2. The fourth-order valence-corrected chi connectivity index (χ4v) is 2.67. The molecule has 0 aromatic heterocycles. The lowest BCUT2D eigenvalue weighted by molar-refractivity contribution is -0.148. The molecular formula is C10H17BrO3. The number of rotatable bonds is 4. The summed E-state index contributed by atoms with van der Waals surface area (Å²) in [4.78, 5) is 11.5. The minimum absolute atomic E-state index is 0.0325. The lowest BCUT2D eigenvalue weighted by Gasteiger charge is -2.17. The molecule has 0 bridgehead atoms. The maximum Gasteiger partial charge on any atom is 0.335 e. The number of alkyl halides is 1. The second kappa shape index (κ2) is 5.12. The maximum absolute atomic E-state index is 11.2. The lowest BCUT2D eigenvalue weighted by atomic mass is 10.0. The SMILES string of the molecule is CO[C@H]1C[C@@H]([C@H](Br)CC(C)C)OC1=O. The molecular weight excluding hydrogens is 248 g/mol. The second-order valence-corrected chi connectivity index (χ2v) is 5.26. The highest BCUT2D eigenvalue weighted by Gasteiger charge is 2.38. The van der Waals surface area contributed by atoms with Gasteiger partial charge in [-0.1, -0.05) is 29.8 Å². The van der Waals surface area contributed by atoms with E-state index in [1.807, 2.05) is 0 Å². The Labute approximate surface area is 93.3 Å². The minimum atomic E-state index is -0.368. The van der Waals surface area contributed by atoms with Crippen LogP contribution in [-0.4, -0.2) is 30.1 Å². The number of hydrogen-bond donors (Lipinski definition) is 0.